The number of hydrogen-bond acceptors (Lipinski definition) is 4. The largest absolute Gasteiger partial charge is 0.490 e. The normalized spacial score (nSPS) is 13.1. The molecule has 2 heterocycles. The van der Waals surface area contributed by atoms with Gasteiger partial charge in [-0.2, -0.15) is 5.10 Å². The van der Waals surface area contributed by atoms with Crippen molar-refractivity contribution in [3.8, 4) is 11.5 Å². The van der Waals surface area contributed by atoms with Gasteiger partial charge in [0.15, 0.2) is 11.5 Å². The summed E-state index contributed by atoms with van der Waals surface area (Å²) >= 11 is 0. The minimum absolute atomic E-state index is 0.0538. The molecule has 6 nitrogen and oxygen atoms in total. The molecule has 1 amide bonds. The monoisotopic (exact) mass is 405 g/mol. The number of benzene rings is 2. The maximum absolute atomic E-state index is 13.1. The zero-order valence-corrected chi connectivity index (χ0v) is 17.5. The summed E-state index contributed by atoms with van der Waals surface area (Å²) in [6, 6.07) is 13.8. The third kappa shape index (κ3) is 4.32. The van der Waals surface area contributed by atoms with E-state index < -0.39 is 0 Å². The Balaban J connectivity index is 1.48. The Morgan fingerprint density at radius 1 is 1.03 bits per heavy atom. The van der Waals surface area contributed by atoms with Gasteiger partial charge < -0.3 is 14.4 Å². The van der Waals surface area contributed by atoms with Gasteiger partial charge >= 0.3 is 0 Å². The van der Waals surface area contributed by atoms with Gasteiger partial charge in [-0.05, 0) is 67.3 Å². The van der Waals surface area contributed by atoms with Crippen molar-refractivity contribution in [2.24, 2.45) is 0 Å². The number of amides is 1. The number of aromatic nitrogens is 2. The molecule has 1 aliphatic heterocycles. The molecule has 0 saturated carbocycles. The summed E-state index contributed by atoms with van der Waals surface area (Å²) in [4.78, 5) is 15.0. The second-order valence-electron chi connectivity index (χ2n) is 7.31. The average molecular weight is 405 g/mol. The summed E-state index contributed by atoms with van der Waals surface area (Å²) < 4.78 is 13.4. The average Bonchev–Trinajstić information content (AvgIpc) is 3.27. The van der Waals surface area contributed by atoms with E-state index >= 15 is 0 Å². The number of carbonyl (C=O) groups excluding carboxylic acids is 1. The topological polar surface area (TPSA) is 56.6 Å². The molecule has 1 aliphatic rings. The Labute approximate surface area is 177 Å². The van der Waals surface area contributed by atoms with Crippen LogP contribution in [0.1, 0.15) is 40.9 Å². The second kappa shape index (κ2) is 9.03. The predicted octanol–water partition coefficient (Wildman–Crippen LogP) is 3.93. The molecule has 0 atom stereocenters. The first kappa shape index (κ1) is 20.0. The van der Waals surface area contributed by atoms with Gasteiger partial charge in [0.25, 0.3) is 5.91 Å². The fourth-order valence-corrected chi connectivity index (χ4v) is 3.79. The lowest BCUT2D eigenvalue weighted by Gasteiger charge is -2.30. The van der Waals surface area contributed by atoms with E-state index in [1.807, 2.05) is 66.0 Å². The van der Waals surface area contributed by atoms with Crippen molar-refractivity contribution in [1.82, 2.24) is 14.7 Å². The van der Waals surface area contributed by atoms with E-state index in [1.165, 1.54) is 5.56 Å². The van der Waals surface area contributed by atoms with Crippen LogP contribution < -0.4 is 9.47 Å². The quantitative estimate of drug-likeness (QED) is 0.598. The zero-order valence-electron chi connectivity index (χ0n) is 17.5. The smallest absolute Gasteiger partial charge is 0.254 e. The van der Waals surface area contributed by atoms with Gasteiger partial charge in [0, 0.05) is 31.0 Å². The first-order valence-electron chi connectivity index (χ1n) is 10.4. The standard InChI is InChI=1S/C24H27N3O3/c1-3-29-22-14-20-10-13-26(17-21(20)15-23(22)30-4-2)24(28)19-8-6-18(7-9-19)16-27-12-5-11-25-27/h5-9,11-12,14-15H,3-4,10,13,16-17H2,1-2H3. The molecular weight excluding hydrogens is 378 g/mol. The van der Waals surface area contributed by atoms with Crippen LogP contribution in [0.2, 0.25) is 0 Å². The van der Waals surface area contributed by atoms with E-state index in [0.29, 0.717) is 38.4 Å². The van der Waals surface area contributed by atoms with Gasteiger partial charge in [0.2, 0.25) is 0 Å². The highest BCUT2D eigenvalue weighted by Crippen LogP contribution is 2.34. The van der Waals surface area contributed by atoms with Crippen LogP contribution in [0, 0.1) is 0 Å². The van der Waals surface area contributed by atoms with Crippen molar-refractivity contribution < 1.29 is 14.3 Å². The number of fused-ring (bicyclic) bond motifs is 1. The molecule has 0 spiro atoms. The lowest BCUT2D eigenvalue weighted by molar-refractivity contribution is 0.0734. The summed E-state index contributed by atoms with van der Waals surface area (Å²) in [7, 11) is 0. The first-order valence-corrected chi connectivity index (χ1v) is 10.4. The molecule has 0 saturated heterocycles. The molecule has 0 aliphatic carbocycles. The number of rotatable bonds is 7. The van der Waals surface area contributed by atoms with E-state index in [0.717, 1.165) is 29.0 Å². The van der Waals surface area contributed by atoms with E-state index in [9.17, 15) is 4.79 Å². The van der Waals surface area contributed by atoms with Crippen LogP contribution in [-0.2, 0) is 19.5 Å². The van der Waals surface area contributed by atoms with Gasteiger partial charge in [-0.15, -0.1) is 0 Å². The summed E-state index contributed by atoms with van der Waals surface area (Å²) in [6.07, 6.45) is 4.50. The van der Waals surface area contributed by atoms with E-state index in [2.05, 4.69) is 11.2 Å². The third-order valence-electron chi connectivity index (χ3n) is 5.27. The molecular formula is C24H27N3O3. The van der Waals surface area contributed by atoms with Crippen LogP contribution in [0.25, 0.3) is 0 Å². The Bertz CT molecular complexity index is 997. The van der Waals surface area contributed by atoms with Crippen molar-refractivity contribution in [1.29, 1.82) is 0 Å². The number of ether oxygens (including phenoxy) is 2. The lowest BCUT2D eigenvalue weighted by Crippen LogP contribution is -2.36. The van der Waals surface area contributed by atoms with Gasteiger partial charge in [-0.1, -0.05) is 12.1 Å². The van der Waals surface area contributed by atoms with Crippen LogP contribution in [0.4, 0.5) is 0 Å². The van der Waals surface area contributed by atoms with E-state index in [1.54, 1.807) is 6.20 Å². The van der Waals surface area contributed by atoms with Gasteiger partial charge in [-0.3, -0.25) is 9.48 Å². The van der Waals surface area contributed by atoms with Crippen LogP contribution in [0.5, 0.6) is 11.5 Å². The van der Waals surface area contributed by atoms with Crippen LogP contribution in [-0.4, -0.2) is 40.3 Å². The Morgan fingerprint density at radius 2 is 1.73 bits per heavy atom. The van der Waals surface area contributed by atoms with Crippen molar-refractivity contribution in [2.45, 2.75) is 33.4 Å². The van der Waals surface area contributed by atoms with Crippen molar-refractivity contribution >= 4 is 5.91 Å². The molecule has 0 fully saturated rings. The lowest BCUT2D eigenvalue weighted by atomic mass is 9.98. The minimum Gasteiger partial charge on any atom is -0.490 e. The molecule has 0 N–H and O–H groups in total. The minimum atomic E-state index is 0.0538. The van der Waals surface area contributed by atoms with Crippen LogP contribution >= 0.6 is 0 Å². The highest BCUT2D eigenvalue weighted by atomic mass is 16.5. The first-order chi connectivity index (χ1) is 14.7. The Kier molecular flexibility index (Phi) is 6.02. The summed E-state index contributed by atoms with van der Waals surface area (Å²) in [5.74, 6) is 1.58. The predicted molar refractivity (Wildman–Crippen MR) is 115 cm³/mol. The van der Waals surface area contributed by atoms with Crippen molar-refractivity contribution in [3.63, 3.8) is 0 Å². The van der Waals surface area contributed by atoms with E-state index in [4.69, 9.17) is 9.47 Å². The van der Waals surface area contributed by atoms with Gasteiger partial charge in [0.1, 0.15) is 0 Å². The Hall–Kier alpha value is -3.28. The van der Waals surface area contributed by atoms with Gasteiger partial charge in [-0.25, -0.2) is 0 Å². The van der Waals surface area contributed by atoms with E-state index in [-0.39, 0.29) is 5.91 Å². The molecule has 2 aromatic carbocycles. The third-order valence-corrected chi connectivity index (χ3v) is 5.27. The molecule has 30 heavy (non-hydrogen) atoms. The molecule has 0 radical (unpaired) electrons. The molecule has 4 rings (SSSR count). The van der Waals surface area contributed by atoms with Crippen LogP contribution in [0.3, 0.4) is 0 Å². The summed E-state index contributed by atoms with van der Waals surface area (Å²) in [5.41, 5.74) is 4.17. The van der Waals surface area contributed by atoms with Crippen molar-refractivity contribution in [2.75, 3.05) is 19.8 Å². The molecule has 0 bridgehead atoms. The highest BCUT2D eigenvalue weighted by Gasteiger charge is 2.24. The fourth-order valence-electron chi connectivity index (χ4n) is 3.79. The molecule has 6 heteroatoms. The molecule has 1 aromatic heterocycles. The summed E-state index contributed by atoms with van der Waals surface area (Å²) in [5, 5.41) is 4.22. The number of carbonyl (C=O) groups is 1. The number of hydrogen-bond donors (Lipinski definition) is 0. The SMILES string of the molecule is CCOc1cc2c(cc1OCC)CN(C(=O)c1ccc(Cn3cccn3)cc1)CC2. The maximum Gasteiger partial charge on any atom is 0.254 e. The maximum atomic E-state index is 13.1. The molecule has 0 unspecified atom stereocenters. The zero-order chi connectivity index (χ0) is 20.9. The molecule has 3 aromatic rings. The van der Waals surface area contributed by atoms with Gasteiger partial charge in [0.05, 0.1) is 19.8 Å². The second-order valence-corrected chi connectivity index (χ2v) is 7.31. The Morgan fingerprint density at radius 3 is 2.37 bits per heavy atom. The number of nitrogens with zero attached hydrogens (tertiary/aromatic N) is 3. The highest BCUT2D eigenvalue weighted by molar-refractivity contribution is 5.94. The summed E-state index contributed by atoms with van der Waals surface area (Å²) in [6.45, 7) is 7.07. The fraction of sp³-hybridized carbons (Fsp3) is 0.333. The van der Waals surface area contributed by atoms with Crippen molar-refractivity contribution in [3.05, 3.63) is 77.1 Å². The van der Waals surface area contributed by atoms with Crippen LogP contribution in [0.15, 0.2) is 54.9 Å². The molecule has 156 valence electrons.